The third kappa shape index (κ3) is 4.64. The van der Waals surface area contributed by atoms with E-state index in [4.69, 9.17) is 9.47 Å². The Labute approximate surface area is 198 Å². The van der Waals surface area contributed by atoms with Gasteiger partial charge in [-0.3, -0.25) is 4.90 Å². The first-order valence-electron chi connectivity index (χ1n) is 11.5. The SMILES string of the molecule is CCOC(=O)c1ccc(-n2nnnc2C2(N(C)C(=O)Oc3ccccc3)CCC(C)CC2)cc1. The first kappa shape index (κ1) is 23.4. The van der Waals surface area contributed by atoms with Crippen LogP contribution in [0, 0.1) is 5.92 Å². The maximum Gasteiger partial charge on any atom is 0.415 e. The molecule has 3 aromatic rings. The van der Waals surface area contributed by atoms with E-state index in [1.807, 2.05) is 18.2 Å². The van der Waals surface area contributed by atoms with E-state index in [1.165, 1.54) is 0 Å². The van der Waals surface area contributed by atoms with E-state index in [2.05, 4.69) is 22.4 Å². The number of ether oxygens (including phenoxy) is 2. The van der Waals surface area contributed by atoms with Gasteiger partial charge in [0.05, 0.1) is 17.9 Å². The molecule has 0 spiro atoms. The monoisotopic (exact) mass is 463 g/mol. The first-order chi connectivity index (χ1) is 16.4. The van der Waals surface area contributed by atoms with Crippen molar-refractivity contribution in [3.63, 3.8) is 0 Å². The number of benzene rings is 2. The zero-order chi connectivity index (χ0) is 24.1. The van der Waals surface area contributed by atoms with Gasteiger partial charge in [0.2, 0.25) is 0 Å². The average Bonchev–Trinajstić information content (AvgIpc) is 3.36. The zero-order valence-electron chi connectivity index (χ0n) is 19.7. The number of nitrogens with zero attached hydrogens (tertiary/aromatic N) is 5. The smallest absolute Gasteiger partial charge is 0.415 e. The van der Waals surface area contributed by atoms with Crippen molar-refractivity contribution in [3.05, 3.63) is 66.0 Å². The number of hydrogen-bond acceptors (Lipinski definition) is 7. The number of amides is 1. The van der Waals surface area contributed by atoms with E-state index in [1.54, 1.807) is 60.0 Å². The first-order valence-corrected chi connectivity index (χ1v) is 11.5. The highest BCUT2D eigenvalue weighted by Gasteiger charge is 2.46. The van der Waals surface area contributed by atoms with Gasteiger partial charge in [-0.2, -0.15) is 4.68 Å². The van der Waals surface area contributed by atoms with E-state index in [9.17, 15) is 9.59 Å². The fourth-order valence-electron chi connectivity index (χ4n) is 4.39. The molecule has 1 amide bonds. The maximum absolute atomic E-state index is 13.2. The van der Waals surface area contributed by atoms with Crippen LogP contribution in [-0.2, 0) is 10.3 Å². The van der Waals surface area contributed by atoms with Gasteiger partial charge in [0.1, 0.15) is 11.3 Å². The Bertz CT molecular complexity index is 1120. The molecule has 4 rings (SSSR count). The van der Waals surface area contributed by atoms with Crippen molar-refractivity contribution in [1.29, 1.82) is 0 Å². The van der Waals surface area contributed by atoms with Crippen LogP contribution < -0.4 is 4.74 Å². The van der Waals surface area contributed by atoms with Crippen LogP contribution in [0.3, 0.4) is 0 Å². The summed E-state index contributed by atoms with van der Waals surface area (Å²) in [6.07, 6.45) is 2.80. The molecule has 178 valence electrons. The van der Waals surface area contributed by atoms with Gasteiger partial charge < -0.3 is 9.47 Å². The van der Waals surface area contributed by atoms with Crippen molar-refractivity contribution in [2.24, 2.45) is 5.92 Å². The predicted molar refractivity (Wildman–Crippen MR) is 125 cm³/mol. The highest BCUT2D eigenvalue weighted by molar-refractivity contribution is 5.89. The number of aromatic nitrogens is 4. The van der Waals surface area contributed by atoms with E-state index >= 15 is 0 Å². The molecule has 0 bridgehead atoms. The minimum atomic E-state index is -0.734. The summed E-state index contributed by atoms with van der Waals surface area (Å²) in [6.45, 7) is 4.29. The average molecular weight is 464 g/mol. The molecule has 0 N–H and O–H groups in total. The zero-order valence-corrected chi connectivity index (χ0v) is 19.7. The molecule has 0 radical (unpaired) electrons. The summed E-state index contributed by atoms with van der Waals surface area (Å²) in [5.74, 6) is 1.20. The van der Waals surface area contributed by atoms with Gasteiger partial charge in [0.25, 0.3) is 0 Å². The van der Waals surface area contributed by atoms with Crippen molar-refractivity contribution < 1.29 is 19.1 Å². The number of esters is 1. The van der Waals surface area contributed by atoms with Crippen molar-refractivity contribution in [3.8, 4) is 11.4 Å². The van der Waals surface area contributed by atoms with Crippen molar-refractivity contribution >= 4 is 12.1 Å². The molecule has 34 heavy (non-hydrogen) atoms. The van der Waals surface area contributed by atoms with Crippen LogP contribution >= 0.6 is 0 Å². The third-order valence-corrected chi connectivity index (χ3v) is 6.47. The highest BCUT2D eigenvalue weighted by Crippen LogP contribution is 2.43. The Kier molecular flexibility index (Phi) is 6.90. The van der Waals surface area contributed by atoms with Crippen molar-refractivity contribution in [2.75, 3.05) is 13.7 Å². The molecule has 9 heteroatoms. The Morgan fingerprint density at radius 1 is 1.09 bits per heavy atom. The number of carbonyl (C=O) groups is 2. The minimum absolute atomic E-state index is 0.310. The third-order valence-electron chi connectivity index (χ3n) is 6.47. The molecular weight excluding hydrogens is 434 g/mol. The second-order valence-corrected chi connectivity index (χ2v) is 8.64. The predicted octanol–water partition coefficient (Wildman–Crippen LogP) is 4.38. The van der Waals surface area contributed by atoms with Crippen molar-refractivity contribution in [2.45, 2.75) is 45.1 Å². The summed E-state index contributed by atoms with van der Waals surface area (Å²) in [7, 11) is 1.74. The van der Waals surface area contributed by atoms with Gasteiger partial charge in [-0.15, -0.1) is 5.10 Å². The summed E-state index contributed by atoms with van der Waals surface area (Å²) in [5.41, 5.74) is 0.405. The van der Waals surface area contributed by atoms with Crippen LogP contribution in [0.4, 0.5) is 4.79 Å². The molecule has 9 nitrogen and oxygen atoms in total. The number of hydrogen-bond donors (Lipinski definition) is 0. The Morgan fingerprint density at radius 3 is 2.41 bits per heavy atom. The molecule has 1 heterocycles. The summed E-state index contributed by atoms with van der Waals surface area (Å²) in [4.78, 5) is 26.8. The molecule has 0 saturated heterocycles. The van der Waals surface area contributed by atoms with Crippen LogP contribution in [0.1, 0.15) is 55.7 Å². The van der Waals surface area contributed by atoms with Gasteiger partial charge in [-0.1, -0.05) is 25.1 Å². The normalized spacial score (nSPS) is 19.9. The second-order valence-electron chi connectivity index (χ2n) is 8.64. The largest absolute Gasteiger partial charge is 0.462 e. The molecule has 0 unspecified atom stereocenters. The fraction of sp³-hybridized carbons (Fsp3) is 0.400. The number of para-hydroxylation sites is 1. The molecule has 0 atom stereocenters. The van der Waals surface area contributed by atoms with Gasteiger partial charge in [0, 0.05) is 7.05 Å². The Balaban J connectivity index is 1.67. The topological polar surface area (TPSA) is 99.4 Å². The summed E-state index contributed by atoms with van der Waals surface area (Å²) in [6, 6.07) is 15.9. The quantitative estimate of drug-likeness (QED) is 0.500. The van der Waals surface area contributed by atoms with Crippen LogP contribution in [0.15, 0.2) is 54.6 Å². The molecule has 1 fully saturated rings. The molecular formula is C25H29N5O4. The lowest BCUT2D eigenvalue weighted by molar-refractivity contribution is 0.0511. The van der Waals surface area contributed by atoms with Gasteiger partial charge in [0.15, 0.2) is 5.82 Å². The Hall–Kier alpha value is -3.75. The van der Waals surface area contributed by atoms with Gasteiger partial charge in [-0.25, -0.2) is 9.59 Å². The lowest BCUT2D eigenvalue weighted by Gasteiger charge is -2.44. The molecule has 1 aliphatic carbocycles. The molecule has 1 aromatic heterocycles. The molecule has 1 aliphatic rings. The van der Waals surface area contributed by atoms with Gasteiger partial charge in [-0.05, 0) is 85.3 Å². The molecule has 2 aromatic carbocycles. The maximum atomic E-state index is 13.2. The van der Waals surface area contributed by atoms with Crippen LogP contribution in [0.25, 0.3) is 5.69 Å². The summed E-state index contributed by atoms with van der Waals surface area (Å²) in [5, 5.41) is 12.5. The Morgan fingerprint density at radius 2 is 1.76 bits per heavy atom. The molecule has 0 aliphatic heterocycles. The number of carbonyl (C=O) groups excluding carboxylic acids is 2. The second kappa shape index (κ2) is 10.0. The number of rotatable bonds is 6. The lowest BCUT2D eigenvalue weighted by atomic mass is 9.75. The van der Waals surface area contributed by atoms with E-state index in [-0.39, 0.29) is 5.97 Å². The van der Waals surface area contributed by atoms with Crippen LogP contribution in [-0.4, -0.2) is 50.8 Å². The summed E-state index contributed by atoms with van der Waals surface area (Å²) >= 11 is 0. The van der Waals surface area contributed by atoms with Crippen LogP contribution in [0.2, 0.25) is 0 Å². The number of tetrazole rings is 1. The highest BCUT2D eigenvalue weighted by atomic mass is 16.6. The van der Waals surface area contributed by atoms with E-state index in [0.717, 1.165) is 12.8 Å². The van der Waals surface area contributed by atoms with Gasteiger partial charge >= 0.3 is 12.1 Å². The minimum Gasteiger partial charge on any atom is -0.462 e. The molecule has 1 saturated carbocycles. The van der Waals surface area contributed by atoms with E-state index in [0.29, 0.717) is 48.2 Å². The van der Waals surface area contributed by atoms with Crippen molar-refractivity contribution in [1.82, 2.24) is 25.1 Å². The standard InChI is InChI=1S/C25H29N5O4/c1-4-33-22(31)19-10-12-20(13-11-19)30-23(26-27-28-30)25(16-14-18(2)15-17-25)29(3)24(32)34-21-8-6-5-7-9-21/h5-13,18H,4,14-17H2,1-3H3. The fourth-order valence-corrected chi connectivity index (χ4v) is 4.39. The summed E-state index contributed by atoms with van der Waals surface area (Å²) < 4.78 is 12.3. The van der Waals surface area contributed by atoms with Crippen LogP contribution in [0.5, 0.6) is 5.75 Å². The van der Waals surface area contributed by atoms with E-state index < -0.39 is 11.6 Å². The lowest BCUT2D eigenvalue weighted by Crippen LogP contribution is -2.51.